The van der Waals surface area contributed by atoms with Gasteiger partial charge in [-0.1, -0.05) is 0 Å². The Morgan fingerprint density at radius 1 is 1.40 bits per heavy atom. The Kier molecular flexibility index (Phi) is 5.14. The summed E-state index contributed by atoms with van der Waals surface area (Å²) in [6.07, 6.45) is 2.92. The molecule has 1 heterocycles. The van der Waals surface area contributed by atoms with Crippen molar-refractivity contribution in [3.63, 3.8) is 0 Å². The second kappa shape index (κ2) is 7.06. The van der Waals surface area contributed by atoms with Crippen molar-refractivity contribution in [1.29, 1.82) is 0 Å². The molecule has 0 radical (unpaired) electrons. The fourth-order valence-corrected chi connectivity index (χ4v) is 1.95. The lowest BCUT2D eigenvalue weighted by atomic mass is 10.2. The highest BCUT2D eigenvalue weighted by Gasteiger charge is 2.14. The predicted molar refractivity (Wildman–Crippen MR) is 72.5 cm³/mol. The Labute approximate surface area is 116 Å². The maximum Gasteiger partial charge on any atom is 0.295 e. The molecule has 20 heavy (non-hydrogen) atoms. The van der Waals surface area contributed by atoms with Gasteiger partial charge in [0.15, 0.2) is 6.29 Å². The summed E-state index contributed by atoms with van der Waals surface area (Å²) in [6.45, 7) is 1.42. The fraction of sp³-hybridized carbons (Fsp3) is 0.538. The third-order valence-electron chi connectivity index (χ3n) is 2.99. The molecule has 0 saturated carbocycles. The van der Waals surface area contributed by atoms with Crippen LogP contribution < -0.4 is 10.5 Å². The third kappa shape index (κ3) is 4.07. The van der Waals surface area contributed by atoms with Gasteiger partial charge in [0.2, 0.25) is 0 Å². The number of nitrogen functional groups attached to an aromatic ring is 1. The molecule has 110 valence electrons. The lowest BCUT2D eigenvalue weighted by Gasteiger charge is -2.22. The van der Waals surface area contributed by atoms with E-state index in [0.717, 1.165) is 25.9 Å². The average molecular weight is 282 g/mol. The van der Waals surface area contributed by atoms with E-state index in [2.05, 4.69) is 0 Å². The third-order valence-corrected chi connectivity index (χ3v) is 2.99. The zero-order chi connectivity index (χ0) is 14.4. The van der Waals surface area contributed by atoms with Crippen molar-refractivity contribution in [2.45, 2.75) is 25.6 Å². The standard InChI is InChI=1S/C13H18N2O5/c14-11-5-4-10(9-12(11)15(16)17)18-7-8-20-13-3-1-2-6-19-13/h4-5,9,13H,1-3,6-8,14H2/t13-/m1/s1. The molecule has 1 aromatic rings. The second-order valence-corrected chi connectivity index (χ2v) is 4.49. The van der Waals surface area contributed by atoms with Crippen LogP contribution in [-0.4, -0.2) is 31.0 Å². The van der Waals surface area contributed by atoms with E-state index in [9.17, 15) is 10.1 Å². The SMILES string of the molecule is Nc1ccc(OCCO[C@@H]2CCCCO2)cc1[N+](=O)[O-]. The Balaban J connectivity index is 1.76. The molecule has 1 aliphatic rings. The highest BCUT2D eigenvalue weighted by molar-refractivity contribution is 5.60. The van der Waals surface area contributed by atoms with Crippen molar-refractivity contribution >= 4 is 11.4 Å². The molecule has 0 unspecified atom stereocenters. The topological polar surface area (TPSA) is 96.9 Å². The van der Waals surface area contributed by atoms with Gasteiger partial charge in [0.1, 0.15) is 18.0 Å². The van der Waals surface area contributed by atoms with Crippen LogP contribution in [0.3, 0.4) is 0 Å². The van der Waals surface area contributed by atoms with Gasteiger partial charge in [0.05, 0.1) is 17.6 Å². The average Bonchev–Trinajstić information content (AvgIpc) is 2.46. The minimum Gasteiger partial charge on any atom is -0.491 e. The molecule has 2 rings (SSSR count). The van der Waals surface area contributed by atoms with Crippen molar-refractivity contribution in [2.24, 2.45) is 0 Å². The molecule has 0 aromatic heterocycles. The van der Waals surface area contributed by atoms with Gasteiger partial charge in [-0.25, -0.2) is 0 Å². The lowest BCUT2D eigenvalue weighted by Crippen LogP contribution is -2.24. The minimum atomic E-state index is -0.533. The van der Waals surface area contributed by atoms with Crippen LogP contribution in [0, 0.1) is 10.1 Å². The van der Waals surface area contributed by atoms with Gasteiger partial charge < -0.3 is 19.9 Å². The summed E-state index contributed by atoms with van der Waals surface area (Å²) < 4.78 is 16.3. The first kappa shape index (κ1) is 14.5. The van der Waals surface area contributed by atoms with E-state index in [1.165, 1.54) is 12.1 Å². The van der Waals surface area contributed by atoms with Crippen LogP contribution in [0.15, 0.2) is 18.2 Å². The number of anilines is 1. The minimum absolute atomic E-state index is 0.120. The summed E-state index contributed by atoms with van der Waals surface area (Å²) >= 11 is 0. The number of ether oxygens (including phenoxy) is 3. The quantitative estimate of drug-likeness (QED) is 0.371. The van der Waals surface area contributed by atoms with Crippen molar-refractivity contribution < 1.29 is 19.1 Å². The molecule has 0 bridgehead atoms. The van der Waals surface area contributed by atoms with Crippen molar-refractivity contribution in [2.75, 3.05) is 25.6 Å². The molecule has 0 spiro atoms. The van der Waals surface area contributed by atoms with Gasteiger partial charge in [-0.15, -0.1) is 0 Å². The summed E-state index contributed by atoms with van der Waals surface area (Å²) in [6, 6.07) is 4.37. The Hall–Kier alpha value is -1.86. The fourth-order valence-electron chi connectivity index (χ4n) is 1.95. The van der Waals surface area contributed by atoms with Crippen LogP contribution in [0.2, 0.25) is 0 Å². The summed E-state index contributed by atoms with van der Waals surface area (Å²) in [5.41, 5.74) is 5.47. The molecule has 7 heteroatoms. The van der Waals surface area contributed by atoms with Gasteiger partial charge in [-0.05, 0) is 31.4 Å². The predicted octanol–water partition coefficient (Wildman–Crippen LogP) is 2.10. The van der Waals surface area contributed by atoms with E-state index in [4.69, 9.17) is 19.9 Å². The van der Waals surface area contributed by atoms with Gasteiger partial charge in [-0.2, -0.15) is 0 Å². The van der Waals surface area contributed by atoms with Gasteiger partial charge in [-0.3, -0.25) is 10.1 Å². The molecular formula is C13H18N2O5. The molecule has 7 nitrogen and oxygen atoms in total. The number of nitro groups is 1. The smallest absolute Gasteiger partial charge is 0.295 e. The molecule has 2 N–H and O–H groups in total. The maximum absolute atomic E-state index is 10.7. The normalized spacial score (nSPS) is 18.7. The molecule has 1 atom stereocenters. The van der Waals surface area contributed by atoms with E-state index < -0.39 is 4.92 Å². The van der Waals surface area contributed by atoms with E-state index in [0.29, 0.717) is 19.0 Å². The monoisotopic (exact) mass is 282 g/mol. The summed E-state index contributed by atoms with van der Waals surface area (Å²) in [5, 5.41) is 10.7. The summed E-state index contributed by atoms with van der Waals surface area (Å²) in [5.74, 6) is 0.402. The second-order valence-electron chi connectivity index (χ2n) is 4.49. The Morgan fingerprint density at radius 3 is 2.95 bits per heavy atom. The van der Waals surface area contributed by atoms with Crippen molar-refractivity contribution in [3.8, 4) is 5.75 Å². The molecule has 1 aromatic carbocycles. The molecule has 1 aliphatic heterocycles. The number of hydrogen-bond donors (Lipinski definition) is 1. The number of nitrogens with two attached hydrogens (primary N) is 1. The van der Waals surface area contributed by atoms with E-state index in [1.807, 2.05) is 0 Å². The molecule has 1 saturated heterocycles. The van der Waals surface area contributed by atoms with Crippen LogP contribution in [-0.2, 0) is 9.47 Å². The number of benzene rings is 1. The first-order chi connectivity index (χ1) is 9.66. The van der Waals surface area contributed by atoms with Crippen LogP contribution in [0.25, 0.3) is 0 Å². The lowest BCUT2D eigenvalue weighted by molar-refractivity contribution is -0.384. The first-order valence-corrected chi connectivity index (χ1v) is 6.57. The number of rotatable bonds is 6. The van der Waals surface area contributed by atoms with E-state index >= 15 is 0 Å². The molecule has 0 amide bonds. The van der Waals surface area contributed by atoms with Crippen LogP contribution in [0.4, 0.5) is 11.4 Å². The van der Waals surface area contributed by atoms with Crippen LogP contribution in [0.1, 0.15) is 19.3 Å². The largest absolute Gasteiger partial charge is 0.491 e. The molecular weight excluding hydrogens is 264 g/mol. The van der Waals surface area contributed by atoms with Gasteiger partial charge in [0.25, 0.3) is 5.69 Å². The zero-order valence-corrected chi connectivity index (χ0v) is 11.1. The zero-order valence-electron chi connectivity index (χ0n) is 11.1. The highest BCUT2D eigenvalue weighted by Crippen LogP contribution is 2.26. The Morgan fingerprint density at radius 2 is 2.25 bits per heavy atom. The number of nitrogens with zero attached hydrogens (tertiary/aromatic N) is 1. The Bertz CT molecular complexity index is 460. The first-order valence-electron chi connectivity index (χ1n) is 6.57. The number of nitro benzene ring substituents is 1. The van der Waals surface area contributed by atoms with Gasteiger partial charge >= 0.3 is 0 Å². The van der Waals surface area contributed by atoms with E-state index in [-0.39, 0.29) is 17.7 Å². The van der Waals surface area contributed by atoms with Crippen LogP contribution in [0.5, 0.6) is 5.75 Å². The molecule has 1 fully saturated rings. The van der Waals surface area contributed by atoms with Crippen molar-refractivity contribution in [3.05, 3.63) is 28.3 Å². The van der Waals surface area contributed by atoms with Crippen LogP contribution >= 0.6 is 0 Å². The number of hydrogen-bond acceptors (Lipinski definition) is 6. The maximum atomic E-state index is 10.7. The summed E-state index contributed by atoms with van der Waals surface area (Å²) in [4.78, 5) is 10.2. The van der Waals surface area contributed by atoms with Gasteiger partial charge in [0, 0.05) is 6.61 Å². The van der Waals surface area contributed by atoms with Crippen molar-refractivity contribution in [1.82, 2.24) is 0 Å². The molecule has 0 aliphatic carbocycles. The highest BCUT2D eigenvalue weighted by atomic mass is 16.7. The summed E-state index contributed by atoms with van der Waals surface area (Å²) in [7, 11) is 0. The van der Waals surface area contributed by atoms with E-state index in [1.54, 1.807) is 6.07 Å².